The van der Waals surface area contributed by atoms with E-state index in [0.29, 0.717) is 0 Å². The second-order valence-corrected chi connectivity index (χ2v) is 10.4. The molecule has 6 heteroatoms. The van der Waals surface area contributed by atoms with E-state index in [1.54, 1.807) is 0 Å². The lowest BCUT2D eigenvalue weighted by Crippen LogP contribution is -2.44. The van der Waals surface area contributed by atoms with E-state index in [2.05, 4.69) is 93.9 Å². The van der Waals surface area contributed by atoms with Crippen LogP contribution in [0.2, 0.25) is 0 Å². The predicted octanol–water partition coefficient (Wildman–Crippen LogP) is 4.67. The van der Waals surface area contributed by atoms with Crippen molar-refractivity contribution in [2.45, 2.75) is 24.7 Å². The van der Waals surface area contributed by atoms with Crippen molar-refractivity contribution in [3.63, 3.8) is 0 Å². The van der Waals surface area contributed by atoms with Crippen LogP contribution in [-0.4, -0.2) is 54.2 Å². The average molecular weight is 464 g/mol. The van der Waals surface area contributed by atoms with Crippen LogP contribution in [-0.2, 0) is 10.2 Å². The Morgan fingerprint density at radius 2 is 1.77 bits per heavy atom. The molecule has 0 bridgehead atoms. The summed E-state index contributed by atoms with van der Waals surface area (Å²) in [6, 6.07) is 21.6. The fourth-order valence-electron chi connectivity index (χ4n) is 6.08. The van der Waals surface area contributed by atoms with Crippen molar-refractivity contribution >= 4 is 28.2 Å². The number of aromatic amines is 1. The van der Waals surface area contributed by atoms with Gasteiger partial charge in [0.25, 0.3) is 0 Å². The van der Waals surface area contributed by atoms with Gasteiger partial charge in [-0.25, -0.2) is 0 Å². The highest BCUT2D eigenvalue weighted by Crippen LogP contribution is 2.65. The molecule has 2 atom stereocenters. The van der Waals surface area contributed by atoms with Crippen molar-refractivity contribution in [3.8, 4) is 11.3 Å². The normalized spacial score (nSPS) is 23.7. The third kappa shape index (κ3) is 3.13. The average Bonchev–Trinajstić information content (AvgIpc) is 3.40. The smallest absolute Gasteiger partial charge is 0.235 e. The van der Waals surface area contributed by atoms with Gasteiger partial charge >= 0.3 is 0 Å². The van der Waals surface area contributed by atoms with E-state index in [-0.39, 0.29) is 11.8 Å². The molecule has 1 spiro atoms. The van der Waals surface area contributed by atoms with Crippen molar-refractivity contribution in [2.75, 3.05) is 43.4 Å². The Balaban J connectivity index is 1.17. The van der Waals surface area contributed by atoms with Crippen LogP contribution in [0.5, 0.6) is 0 Å². The molecule has 1 saturated carbocycles. The quantitative estimate of drug-likeness (QED) is 0.464. The summed E-state index contributed by atoms with van der Waals surface area (Å²) in [5.41, 5.74) is 8.47. The molecule has 2 N–H and O–H groups in total. The molecule has 176 valence electrons. The number of aryl methyl sites for hydroxylation is 1. The maximum absolute atomic E-state index is 13.0. The number of benzene rings is 3. The number of nitrogens with one attached hydrogen (secondary N) is 2. The molecule has 3 aromatic carbocycles. The number of piperazine rings is 1. The number of nitrogens with zero attached hydrogens (tertiary/aromatic N) is 3. The number of likely N-dealkylation sites (N-methyl/N-ethyl adjacent to an activating group) is 1. The van der Waals surface area contributed by atoms with Crippen LogP contribution < -0.4 is 10.2 Å². The first-order valence-electron chi connectivity index (χ1n) is 12.5. The Morgan fingerprint density at radius 1 is 0.971 bits per heavy atom. The summed E-state index contributed by atoms with van der Waals surface area (Å²) in [7, 11) is 2.18. The van der Waals surface area contributed by atoms with Gasteiger partial charge in [-0.05, 0) is 55.8 Å². The highest BCUT2D eigenvalue weighted by molar-refractivity contribution is 6.10. The highest BCUT2D eigenvalue weighted by atomic mass is 16.2. The number of anilines is 2. The number of aromatic nitrogens is 2. The van der Waals surface area contributed by atoms with Crippen LogP contribution in [0.1, 0.15) is 29.0 Å². The fraction of sp³-hybridized carbons (Fsp3) is 0.310. The van der Waals surface area contributed by atoms with Gasteiger partial charge in [0.2, 0.25) is 5.91 Å². The van der Waals surface area contributed by atoms with Gasteiger partial charge in [0, 0.05) is 54.4 Å². The first-order valence-corrected chi connectivity index (χ1v) is 12.5. The summed E-state index contributed by atoms with van der Waals surface area (Å²) in [6.45, 7) is 6.42. The summed E-state index contributed by atoms with van der Waals surface area (Å²) >= 11 is 0. The summed E-state index contributed by atoms with van der Waals surface area (Å²) < 4.78 is 0. The van der Waals surface area contributed by atoms with Crippen molar-refractivity contribution in [1.82, 2.24) is 15.1 Å². The molecule has 0 radical (unpaired) electrons. The number of H-pyrrole nitrogens is 1. The minimum absolute atomic E-state index is 0.133. The van der Waals surface area contributed by atoms with Crippen LogP contribution in [0.4, 0.5) is 11.4 Å². The van der Waals surface area contributed by atoms with Crippen LogP contribution in [0.3, 0.4) is 0 Å². The van der Waals surface area contributed by atoms with E-state index in [1.165, 1.54) is 16.8 Å². The van der Waals surface area contributed by atoms with Crippen molar-refractivity contribution in [1.29, 1.82) is 0 Å². The third-order valence-corrected chi connectivity index (χ3v) is 8.27. The maximum Gasteiger partial charge on any atom is 0.235 e. The van der Waals surface area contributed by atoms with Gasteiger partial charge in [-0.1, -0.05) is 42.0 Å². The SMILES string of the molecule is Cc1ccc2c(c1)C1(C[C@H]1c1ccc3c(-c4ccc(N5CCN(C)CC5)cc4)n[nH]c3c1)C(=O)N2. The summed E-state index contributed by atoms with van der Waals surface area (Å²) in [4.78, 5) is 17.8. The first-order chi connectivity index (χ1) is 17.0. The lowest BCUT2D eigenvalue weighted by atomic mass is 9.91. The Labute approximate surface area is 204 Å². The molecule has 1 aliphatic carbocycles. The van der Waals surface area contributed by atoms with Gasteiger partial charge in [0.05, 0.1) is 16.6 Å². The highest BCUT2D eigenvalue weighted by Gasteiger charge is 2.65. The minimum Gasteiger partial charge on any atom is -0.369 e. The Kier molecular flexibility index (Phi) is 4.39. The Bertz CT molecular complexity index is 1460. The molecular weight excluding hydrogens is 434 g/mol. The Hall–Kier alpha value is -3.64. The second-order valence-electron chi connectivity index (χ2n) is 10.4. The number of fused-ring (bicyclic) bond motifs is 3. The number of carbonyl (C=O) groups is 1. The number of carbonyl (C=O) groups excluding carboxylic acids is 1. The largest absolute Gasteiger partial charge is 0.369 e. The minimum atomic E-state index is -0.420. The van der Waals surface area contributed by atoms with E-state index in [1.807, 2.05) is 6.07 Å². The second kappa shape index (κ2) is 7.43. The summed E-state index contributed by atoms with van der Waals surface area (Å²) in [6.07, 6.45) is 0.857. The third-order valence-electron chi connectivity index (χ3n) is 8.27. The van der Waals surface area contributed by atoms with E-state index >= 15 is 0 Å². The van der Waals surface area contributed by atoms with Gasteiger partial charge in [-0.15, -0.1) is 0 Å². The van der Waals surface area contributed by atoms with Crippen LogP contribution in [0.15, 0.2) is 60.7 Å². The molecular formula is C29H29N5O. The van der Waals surface area contributed by atoms with Crippen molar-refractivity contribution in [3.05, 3.63) is 77.4 Å². The fourth-order valence-corrected chi connectivity index (χ4v) is 6.08. The molecule has 2 aliphatic heterocycles. The Morgan fingerprint density at radius 3 is 2.57 bits per heavy atom. The van der Waals surface area contributed by atoms with Crippen LogP contribution in [0, 0.1) is 6.92 Å². The molecule has 1 aromatic heterocycles. The van der Waals surface area contributed by atoms with Crippen molar-refractivity contribution in [2.24, 2.45) is 0 Å². The number of amides is 1. The number of rotatable bonds is 3. The predicted molar refractivity (Wildman–Crippen MR) is 140 cm³/mol. The zero-order valence-corrected chi connectivity index (χ0v) is 20.1. The monoisotopic (exact) mass is 463 g/mol. The zero-order chi connectivity index (χ0) is 23.7. The van der Waals surface area contributed by atoms with Gasteiger partial charge in [-0.3, -0.25) is 9.89 Å². The standard InChI is InChI=1S/C29H29N5O/c1-18-3-10-25-23(15-18)29(28(35)30-25)17-24(29)20-6-9-22-26(16-20)31-32-27(22)19-4-7-21(8-5-19)34-13-11-33(2)12-14-34/h3-10,15-16,24H,11-14,17H2,1-2H3,(H,30,35)(H,31,32)/t24-,29?/m0/s1. The zero-order valence-electron chi connectivity index (χ0n) is 20.1. The molecule has 1 saturated heterocycles. The van der Waals surface area contributed by atoms with Gasteiger partial charge in [0.1, 0.15) is 0 Å². The molecule has 3 aliphatic rings. The van der Waals surface area contributed by atoms with E-state index in [4.69, 9.17) is 0 Å². The summed E-state index contributed by atoms with van der Waals surface area (Å²) in [5, 5.41) is 12.1. The van der Waals surface area contributed by atoms with Gasteiger partial charge in [0.15, 0.2) is 0 Å². The molecule has 35 heavy (non-hydrogen) atoms. The van der Waals surface area contributed by atoms with Gasteiger partial charge in [-0.2, -0.15) is 5.10 Å². The van der Waals surface area contributed by atoms with Crippen LogP contribution >= 0.6 is 0 Å². The molecule has 1 amide bonds. The maximum atomic E-state index is 13.0. The van der Waals surface area contributed by atoms with Gasteiger partial charge < -0.3 is 15.1 Å². The lowest BCUT2D eigenvalue weighted by molar-refractivity contribution is -0.118. The number of hydrogen-bond donors (Lipinski definition) is 2. The van der Waals surface area contributed by atoms with Crippen LogP contribution in [0.25, 0.3) is 22.2 Å². The molecule has 7 rings (SSSR count). The molecule has 6 nitrogen and oxygen atoms in total. The topological polar surface area (TPSA) is 64.3 Å². The number of hydrogen-bond acceptors (Lipinski definition) is 4. The van der Waals surface area contributed by atoms with E-state index in [0.717, 1.165) is 66.0 Å². The molecule has 3 heterocycles. The van der Waals surface area contributed by atoms with E-state index in [9.17, 15) is 4.79 Å². The first kappa shape index (κ1) is 20.7. The van der Waals surface area contributed by atoms with E-state index < -0.39 is 5.41 Å². The molecule has 4 aromatic rings. The molecule has 2 fully saturated rings. The van der Waals surface area contributed by atoms with Crippen molar-refractivity contribution < 1.29 is 4.79 Å². The molecule has 1 unspecified atom stereocenters. The lowest BCUT2D eigenvalue weighted by Gasteiger charge is -2.34. The summed E-state index contributed by atoms with van der Waals surface area (Å²) in [5.74, 6) is 0.332.